The number of halogens is 4. The first kappa shape index (κ1) is 16.9. The third-order valence-electron chi connectivity index (χ3n) is 2.92. The van der Waals surface area contributed by atoms with Crippen molar-refractivity contribution >= 4 is 17.6 Å². The first-order valence-corrected chi connectivity index (χ1v) is 7.06. The summed E-state index contributed by atoms with van der Waals surface area (Å²) in [6.45, 7) is 0. The number of hydrogen-bond donors (Lipinski definition) is 0. The molecule has 128 valence electrons. The summed E-state index contributed by atoms with van der Waals surface area (Å²) in [7, 11) is 0. The number of carbonyl (C=O) groups excluding carboxylic acids is 1. The predicted octanol–water partition coefficient (Wildman–Crippen LogP) is 3.92. The molecule has 0 aliphatic heterocycles. The summed E-state index contributed by atoms with van der Waals surface area (Å²) < 4.78 is 46.8. The van der Waals surface area contributed by atoms with Gasteiger partial charge in [-0.1, -0.05) is 17.7 Å². The van der Waals surface area contributed by atoms with Crippen LogP contribution in [0, 0.1) is 0 Å². The average molecular weight is 370 g/mol. The molecule has 25 heavy (non-hydrogen) atoms. The van der Waals surface area contributed by atoms with Gasteiger partial charge in [0, 0.05) is 16.8 Å². The van der Waals surface area contributed by atoms with Crippen LogP contribution >= 0.6 is 11.6 Å². The fourth-order valence-corrected chi connectivity index (χ4v) is 2.04. The smallest absolute Gasteiger partial charge is 0.416 e. The predicted molar refractivity (Wildman–Crippen MR) is 79.7 cm³/mol. The molecule has 0 aliphatic rings. The van der Waals surface area contributed by atoms with Crippen molar-refractivity contribution in [2.24, 2.45) is 0 Å². The van der Waals surface area contributed by atoms with Crippen LogP contribution in [-0.2, 0) is 4.79 Å². The third-order valence-corrected chi connectivity index (χ3v) is 3.15. The lowest BCUT2D eigenvalue weighted by atomic mass is 10.2. The van der Waals surface area contributed by atoms with Crippen LogP contribution in [0.15, 0.2) is 47.0 Å². The van der Waals surface area contributed by atoms with E-state index in [1.165, 1.54) is 12.1 Å². The Morgan fingerprint density at radius 2 is 1.88 bits per heavy atom. The van der Waals surface area contributed by atoms with Gasteiger partial charge in [0.1, 0.15) is 5.56 Å². The van der Waals surface area contributed by atoms with Crippen molar-refractivity contribution in [3.63, 3.8) is 0 Å². The topological polar surface area (TPSA) is 78.1 Å². The highest BCUT2D eigenvalue weighted by molar-refractivity contribution is 6.30. The number of rotatable bonds is 3. The molecule has 0 atom stereocenters. The van der Waals surface area contributed by atoms with Gasteiger partial charge in [0.25, 0.3) is 5.89 Å². The van der Waals surface area contributed by atoms with Gasteiger partial charge in [-0.05, 0) is 30.3 Å². The van der Waals surface area contributed by atoms with E-state index in [-0.39, 0.29) is 17.3 Å². The molecule has 0 radical (unpaired) electrons. The van der Waals surface area contributed by atoms with Crippen molar-refractivity contribution in [2.45, 2.75) is 6.18 Å². The number of nitrogens with zero attached hydrogens (tertiary/aromatic N) is 3. The summed E-state index contributed by atoms with van der Waals surface area (Å²) in [5.74, 6) is -3.06. The number of pyridine rings is 1. The van der Waals surface area contributed by atoms with Crippen LogP contribution < -0.4 is 4.74 Å². The van der Waals surface area contributed by atoms with E-state index in [0.29, 0.717) is 10.6 Å². The monoisotopic (exact) mass is 369 g/mol. The lowest BCUT2D eigenvalue weighted by molar-refractivity contribution is -0.189. The van der Waals surface area contributed by atoms with Crippen molar-refractivity contribution < 1.29 is 27.1 Å². The maximum Gasteiger partial charge on any atom is 0.491 e. The second-order valence-electron chi connectivity index (χ2n) is 4.67. The second-order valence-corrected chi connectivity index (χ2v) is 5.10. The Labute approximate surface area is 143 Å². The first-order chi connectivity index (χ1) is 11.8. The number of ether oxygens (including phenoxy) is 1. The Bertz CT molecular complexity index is 927. The van der Waals surface area contributed by atoms with Gasteiger partial charge in [0.2, 0.25) is 11.8 Å². The van der Waals surface area contributed by atoms with Crippen LogP contribution in [-0.4, -0.2) is 27.3 Å². The number of hydrogen-bond acceptors (Lipinski definition) is 6. The number of aromatic nitrogens is 3. The Morgan fingerprint density at radius 3 is 2.60 bits per heavy atom. The summed E-state index contributed by atoms with van der Waals surface area (Å²) in [6, 6.07) is 9.31. The zero-order valence-electron chi connectivity index (χ0n) is 12.1. The molecule has 2 aromatic heterocycles. The molecular weight excluding hydrogens is 363 g/mol. The summed E-state index contributed by atoms with van der Waals surface area (Å²) in [4.78, 5) is 14.6. The lowest BCUT2D eigenvalue weighted by Gasteiger charge is -2.07. The molecule has 0 bridgehead atoms. The van der Waals surface area contributed by atoms with Crippen LogP contribution in [0.4, 0.5) is 13.2 Å². The molecule has 3 aromatic rings. The fourth-order valence-electron chi connectivity index (χ4n) is 1.85. The first-order valence-electron chi connectivity index (χ1n) is 6.68. The Morgan fingerprint density at radius 1 is 1.12 bits per heavy atom. The standard InChI is InChI=1S/C15H7ClF3N3O3/c16-9-4-1-3-8(7-9)11-21-22-13(24-11)10-5-2-6-20-12(10)25-14(23)15(17,18)19/h1-7H. The van der Waals surface area contributed by atoms with E-state index < -0.39 is 18.0 Å². The molecule has 0 saturated heterocycles. The molecule has 6 nitrogen and oxygen atoms in total. The number of benzene rings is 1. The van der Waals surface area contributed by atoms with E-state index in [2.05, 4.69) is 19.9 Å². The molecule has 0 N–H and O–H groups in total. The molecular formula is C15H7ClF3N3O3. The fraction of sp³-hybridized carbons (Fsp3) is 0.0667. The number of esters is 1. The average Bonchev–Trinajstić information content (AvgIpc) is 3.04. The molecule has 0 amide bonds. The molecule has 2 heterocycles. The van der Waals surface area contributed by atoms with Gasteiger partial charge in [0.05, 0.1) is 0 Å². The van der Waals surface area contributed by atoms with E-state index in [9.17, 15) is 18.0 Å². The van der Waals surface area contributed by atoms with Crippen molar-refractivity contribution in [1.82, 2.24) is 15.2 Å². The van der Waals surface area contributed by atoms with Gasteiger partial charge in [0.15, 0.2) is 0 Å². The SMILES string of the molecule is O=C(Oc1ncccc1-c1nnc(-c2cccc(Cl)c2)o1)C(F)(F)F. The van der Waals surface area contributed by atoms with Crippen LogP contribution in [0.5, 0.6) is 5.88 Å². The summed E-state index contributed by atoms with van der Waals surface area (Å²) in [5, 5.41) is 8.00. The maximum atomic E-state index is 12.4. The van der Waals surface area contributed by atoms with Gasteiger partial charge in [-0.25, -0.2) is 9.78 Å². The van der Waals surface area contributed by atoms with Crippen LogP contribution in [0.2, 0.25) is 5.02 Å². The highest BCUT2D eigenvalue weighted by Gasteiger charge is 2.42. The number of carbonyl (C=O) groups is 1. The molecule has 0 spiro atoms. The minimum atomic E-state index is -5.16. The van der Waals surface area contributed by atoms with Crippen molar-refractivity contribution in [3.8, 4) is 28.8 Å². The zero-order valence-corrected chi connectivity index (χ0v) is 12.9. The van der Waals surface area contributed by atoms with Gasteiger partial charge in [-0.2, -0.15) is 13.2 Å². The minimum Gasteiger partial charge on any atom is -0.416 e. The van der Waals surface area contributed by atoms with Gasteiger partial charge < -0.3 is 9.15 Å². The van der Waals surface area contributed by atoms with Crippen LogP contribution in [0.25, 0.3) is 22.9 Å². The van der Waals surface area contributed by atoms with Crippen LogP contribution in [0.3, 0.4) is 0 Å². The molecule has 0 aliphatic carbocycles. The van der Waals surface area contributed by atoms with Gasteiger partial charge >= 0.3 is 12.1 Å². The Hall–Kier alpha value is -2.94. The van der Waals surface area contributed by atoms with Crippen molar-refractivity contribution in [1.29, 1.82) is 0 Å². The third kappa shape index (κ3) is 3.77. The molecule has 0 saturated carbocycles. The maximum absolute atomic E-state index is 12.4. The van der Waals surface area contributed by atoms with Gasteiger partial charge in [-0.3, -0.25) is 0 Å². The van der Waals surface area contributed by atoms with E-state index >= 15 is 0 Å². The van der Waals surface area contributed by atoms with E-state index in [1.807, 2.05) is 0 Å². The largest absolute Gasteiger partial charge is 0.491 e. The van der Waals surface area contributed by atoms with E-state index in [1.54, 1.807) is 24.3 Å². The van der Waals surface area contributed by atoms with Crippen molar-refractivity contribution in [2.75, 3.05) is 0 Å². The lowest BCUT2D eigenvalue weighted by Crippen LogP contribution is -2.28. The molecule has 0 unspecified atom stereocenters. The Kier molecular flexibility index (Phi) is 4.41. The van der Waals surface area contributed by atoms with Crippen LogP contribution in [0.1, 0.15) is 0 Å². The van der Waals surface area contributed by atoms with Gasteiger partial charge in [-0.15, -0.1) is 10.2 Å². The normalized spacial score (nSPS) is 11.4. The number of alkyl halides is 3. The highest BCUT2D eigenvalue weighted by atomic mass is 35.5. The molecule has 10 heteroatoms. The Balaban J connectivity index is 1.94. The molecule has 0 fully saturated rings. The summed E-state index contributed by atoms with van der Waals surface area (Å²) >= 11 is 5.88. The minimum absolute atomic E-state index is 0.0547. The van der Waals surface area contributed by atoms with E-state index in [0.717, 1.165) is 6.20 Å². The zero-order chi connectivity index (χ0) is 18.0. The summed E-state index contributed by atoms with van der Waals surface area (Å²) in [5.41, 5.74) is 0.463. The van der Waals surface area contributed by atoms with Crippen molar-refractivity contribution in [3.05, 3.63) is 47.6 Å². The second kappa shape index (κ2) is 6.52. The highest BCUT2D eigenvalue weighted by Crippen LogP contribution is 2.31. The quantitative estimate of drug-likeness (QED) is 0.651. The van der Waals surface area contributed by atoms with E-state index in [4.69, 9.17) is 16.0 Å². The molecule has 3 rings (SSSR count). The summed E-state index contributed by atoms with van der Waals surface area (Å²) in [6.07, 6.45) is -3.99. The molecule has 1 aromatic carbocycles.